The highest BCUT2D eigenvalue weighted by Crippen LogP contribution is 2.38. The summed E-state index contributed by atoms with van der Waals surface area (Å²) in [7, 11) is 1.39. The maximum Gasteiger partial charge on any atom is 0.341 e. The molecule has 0 atom stereocenters. The van der Waals surface area contributed by atoms with Gasteiger partial charge in [-0.25, -0.2) is 4.79 Å². The number of rotatable bonds is 6. The van der Waals surface area contributed by atoms with Crippen molar-refractivity contribution in [2.24, 2.45) is 0 Å². The molecule has 1 aliphatic rings. The van der Waals surface area contributed by atoms with Crippen molar-refractivity contribution in [3.63, 3.8) is 0 Å². The van der Waals surface area contributed by atoms with Gasteiger partial charge in [-0.05, 0) is 43.4 Å². The average molecular weight is 390 g/mol. The molecule has 0 radical (unpaired) electrons. The van der Waals surface area contributed by atoms with Gasteiger partial charge < -0.3 is 10.1 Å². The number of ether oxygens (including phenoxy) is 1. The molecule has 0 bridgehead atoms. The number of aryl methyl sites for hydroxylation is 1. The number of hydrogen-bond donors (Lipinski definition) is 1. The molecule has 1 amide bonds. The molecule has 1 aromatic heterocycles. The fourth-order valence-electron chi connectivity index (χ4n) is 3.12. The number of hydrogen-bond acceptors (Lipinski definition) is 5. The average Bonchev–Trinajstić information content (AvgIpc) is 2.83. The van der Waals surface area contributed by atoms with Crippen LogP contribution >= 0.6 is 23.1 Å². The molecule has 26 heavy (non-hydrogen) atoms. The van der Waals surface area contributed by atoms with E-state index in [2.05, 4.69) is 5.32 Å². The van der Waals surface area contributed by atoms with E-state index < -0.39 is 0 Å². The highest BCUT2D eigenvalue weighted by molar-refractivity contribution is 7.99. The zero-order chi connectivity index (χ0) is 18.4. The SMILES string of the molecule is COC(=O)c1c(NC(=O)CCSc2ccccc2)sc2c1CCCCC2. The summed E-state index contributed by atoms with van der Waals surface area (Å²) in [6.07, 6.45) is 5.66. The molecule has 1 aromatic carbocycles. The first-order valence-corrected chi connectivity index (χ1v) is 10.7. The van der Waals surface area contributed by atoms with Crippen molar-refractivity contribution in [2.45, 2.75) is 43.4 Å². The molecule has 2 aromatic rings. The Hall–Kier alpha value is -1.79. The summed E-state index contributed by atoms with van der Waals surface area (Å²) in [5.74, 6) is 0.294. The monoisotopic (exact) mass is 389 g/mol. The van der Waals surface area contributed by atoms with Gasteiger partial charge in [0, 0.05) is 21.9 Å². The zero-order valence-electron chi connectivity index (χ0n) is 14.9. The van der Waals surface area contributed by atoms with E-state index in [4.69, 9.17) is 4.74 Å². The molecule has 1 N–H and O–H groups in total. The molecule has 3 rings (SSSR count). The highest BCUT2D eigenvalue weighted by atomic mass is 32.2. The van der Waals surface area contributed by atoms with Gasteiger partial charge in [0.15, 0.2) is 0 Å². The van der Waals surface area contributed by atoms with E-state index in [1.165, 1.54) is 29.7 Å². The van der Waals surface area contributed by atoms with Crippen LogP contribution in [0.1, 0.15) is 46.5 Å². The number of thioether (sulfide) groups is 1. The van der Waals surface area contributed by atoms with Crippen LogP contribution in [0.15, 0.2) is 35.2 Å². The molecule has 1 heterocycles. The molecule has 0 saturated heterocycles. The fourth-order valence-corrected chi connectivity index (χ4v) is 5.28. The Balaban J connectivity index is 1.66. The van der Waals surface area contributed by atoms with Crippen LogP contribution in [0.5, 0.6) is 0 Å². The van der Waals surface area contributed by atoms with Crippen LogP contribution in [-0.4, -0.2) is 24.7 Å². The minimum Gasteiger partial charge on any atom is -0.465 e. The number of carbonyl (C=O) groups excluding carboxylic acids is 2. The van der Waals surface area contributed by atoms with Gasteiger partial charge >= 0.3 is 5.97 Å². The normalized spacial score (nSPS) is 13.6. The van der Waals surface area contributed by atoms with E-state index in [1.54, 1.807) is 11.8 Å². The summed E-state index contributed by atoms with van der Waals surface area (Å²) in [6.45, 7) is 0. The number of methoxy groups -OCH3 is 1. The van der Waals surface area contributed by atoms with Crippen LogP contribution in [0.25, 0.3) is 0 Å². The van der Waals surface area contributed by atoms with Crippen LogP contribution in [0.2, 0.25) is 0 Å². The van der Waals surface area contributed by atoms with Crippen LogP contribution in [0.3, 0.4) is 0 Å². The van der Waals surface area contributed by atoms with Crippen molar-refractivity contribution < 1.29 is 14.3 Å². The van der Waals surface area contributed by atoms with Gasteiger partial charge in [-0.2, -0.15) is 0 Å². The maximum absolute atomic E-state index is 12.4. The number of anilines is 1. The molecule has 1 aliphatic carbocycles. The summed E-state index contributed by atoms with van der Waals surface area (Å²) < 4.78 is 4.98. The topological polar surface area (TPSA) is 55.4 Å². The summed E-state index contributed by atoms with van der Waals surface area (Å²) >= 11 is 3.19. The second kappa shape index (κ2) is 9.24. The third kappa shape index (κ3) is 4.68. The van der Waals surface area contributed by atoms with Crippen molar-refractivity contribution >= 4 is 40.0 Å². The number of thiophene rings is 1. The van der Waals surface area contributed by atoms with E-state index in [1.807, 2.05) is 30.3 Å². The Kier molecular flexibility index (Phi) is 6.74. The summed E-state index contributed by atoms with van der Waals surface area (Å²) in [4.78, 5) is 27.0. The Morgan fingerprint density at radius 2 is 1.92 bits per heavy atom. The van der Waals surface area contributed by atoms with Gasteiger partial charge in [0.25, 0.3) is 0 Å². The van der Waals surface area contributed by atoms with Crippen LogP contribution in [-0.2, 0) is 22.4 Å². The predicted octanol–water partition coefficient (Wildman–Crippen LogP) is 4.92. The van der Waals surface area contributed by atoms with Crippen LogP contribution < -0.4 is 5.32 Å². The van der Waals surface area contributed by atoms with Gasteiger partial charge in [-0.1, -0.05) is 24.6 Å². The van der Waals surface area contributed by atoms with Crippen LogP contribution in [0, 0.1) is 0 Å². The number of carbonyl (C=O) groups is 2. The first kappa shape index (κ1) is 19.0. The standard InChI is InChI=1S/C20H23NO3S2/c1-24-20(23)18-15-10-6-3-7-11-16(15)26-19(18)21-17(22)12-13-25-14-8-4-2-5-9-14/h2,4-5,8-9H,3,6-7,10-13H2,1H3,(H,21,22). The Bertz CT molecular complexity index is 771. The van der Waals surface area contributed by atoms with E-state index in [0.717, 1.165) is 36.1 Å². The molecule has 0 saturated carbocycles. The van der Waals surface area contributed by atoms with Crippen molar-refractivity contribution in [2.75, 3.05) is 18.2 Å². The second-order valence-corrected chi connectivity index (χ2v) is 8.49. The molecule has 0 unspecified atom stereocenters. The third-order valence-electron chi connectivity index (χ3n) is 4.40. The lowest BCUT2D eigenvalue weighted by molar-refractivity contribution is -0.115. The number of nitrogens with one attached hydrogen (secondary N) is 1. The number of fused-ring (bicyclic) bond motifs is 1. The first-order valence-electron chi connectivity index (χ1n) is 8.89. The lowest BCUT2D eigenvalue weighted by atomic mass is 10.1. The molecule has 4 nitrogen and oxygen atoms in total. The predicted molar refractivity (Wildman–Crippen MR) is 107 cm³/mol. The Morgan fingerprint density at radius 3 is 2.69 bits per heavy atom. The van der Waals surface area contributed by atoms with Crippen molar-refractivity contribution in [1.82, 2.24) is 0 Å². The lowest BCUT2D eigenvalue weighted by Crippen LogP contribution is -2.15. The highest BCUT2D eigenvalue weighted by Gasteiger charge is 2.26. The largest absolute Gasteiger partial charge is 0.465 e. The fraction of sp³-hybridized carbons (Fsp3) is 0.400. The molecule has 6 heteroatoms. The minimum absolute atomic E-state index is 0.0602. The lowest BCUT2D eigenvalue weighted by Gasteiger charge is -2.07. The Morgan fingerprint density at radius 1 is 1.15 bits per heavy atom. The van der Waals surface area contributed by atoms with Gasteiger partial charge in [0.2, 0.25) is 5.91 Å². The molecule has 0 fully saturated rings. The van der Waals surface area contributed by atoms with Gasteiger partial charge in [-0.3, -0.25) is 4.79 Å². The van der Waals surface area contributed by atoms with Gasteiger partial charge in [0.05, 0.1) is 12.7 Å². The van der Waals surface area contributed by atoms with Gasteiger partial charge in [-0.15, -0.1) is 23.1 Å². The number of benzene rings is 1. The summed E-state index contributed by atoms with van der Waals surface area (Å²) in [6, 6.07) is 10.0. The van der Waals surface area contributed by atoms with Crippen molar-refractivity contribution in [1.29, 1.82) is 0 Å². The van der Waals surface area contributed by atoms with Gasteiger partial charge in [0.1, 0.15) is 5.00 Å². The maximum atomic E-state index is 12.4. The molecule has 138 valence electrons. The molecule has 0 aliphatic heterocycles. The summed E-state index contributed by atoms with van der Waals surface area (Å²) in [5, 5.41) is 3.61. The first-order chi connectivity index (χ1) is 12.7. The van der Waals surface area contributed by atoms with Crippen molar-refractivity contribution in [3.05, 3.63) is 46.3 Å². The summed E-state index contributed by atoms with van der Waals surface area (Å²) in [5.41, 5.74) is 1.65. The smallest absolute Gasteiger partial charge is 0.341 e. The van der Waals surface area contributed by atoms with Crippen LogP contribution in [0.4, 0.5) is 5.00 Å². The van der Waals surface area contributed by atoms with Crippen molar-refractivity contribution in [3.8, 4) is 0 Å². The second-order valence-electron chi connectivity index (χ2n) is 6.22. The quantitative estimate of drug-likeness (QED) is 0.433. The molecular formula is C20H23NO3S2. The van der Waals surface area contributed by atoms with E-state index in [0.29, 0.717) is 22.7 Å². The minimum atomic E-state index is -0.349. The zero-order valence-corrected chi connectivity index (χ0v) is 16.5. The third-order valence-corrected chi connectivity index (χ3v) is 6.63. The molecular weight excluding hydrogens is 366 g/mol. The van der Waals surface area contributed by atoms with E-state index >= 15 is 0 Å². The molecule has 0 spiro atoms. The van der Waals surface area contributed by atoms with E-state index in [-0.39, 0.29) is 11.9 Å². The number of amides is 1. The Labute approximate surface area is 162 Å². The van der Waals surface area contributed by atoms with E-state index in [9.17, 15) is 9.59 Å². The number of esters is 1.